The van der Waals surface area contributed by atoms with Crippen LogP contribution in [0.5, 0.6) is 0 Å². The molecule has 0 spiro atoms. The number of aliphatic hydroxyl groups excluding tert-OH is 2. The van der Waals surface area contributed by atoms with Gasteiger partial charge in [-0.15, -0.1) is 0 Å². The van der Waals surface area contributed by atoms with Crippen LogP contribution >= 0.6 is 11.6 Å². The van der Waals surface area contributed by atoms with Gasteiger partial charge in [-0.2, -0.15) is 0 Å². The van der Waals surface area contributed by atoms with Crippen LogP contribution in [0.4, 0.5) is 0 Å². The summed E-state index contributed by atoms with van der Waals surface area (Å²) in [6, 6.07) is 0. The second-order valence-electron chi connectivity index (χ2n) is 1.34. The van der Waals surface area contributed by atoms with Crippen molar-refractivity contribution in [2.45, 2.75) is 12.6 Å². The lowest BCUT2D eigenvalue weighted by Gasteiger charge is -2.00. The van der Waals surface area contributed by atoms with E-state index in [0.717, 1.165) is 0 Å². The summed E-state index contributed by atoms with van der Waals surface area (Å²) in [6.07, 6.45) is -2.89. The normalized spacial score (nSPS) is 13.4. The fraction of sp³-hybridized carbons (Fsp3) is 0.500. The van der Waals surface area contributed by atoms with Crippen molar-refractivity contribution in [1.82, 2.24) is 0 Å². The Balaban J connectivity index is 3.84. The third-order valence-corrected chi connectivity index (χ3v) is 0.876. The Morgan fingerprint density at radius 1 is 1.22 bits per heavy atom. The summed E-state index contributed by atoms with van der Waals surface area (Å²) in [7, 11) is 0. The van der Waals surface area contributed by atoms with Gasteiger partial charge in [0.05, 0.1) is 5.03 Å². The van der Waals surface area contributed by atoms with E-state index in [9.17, 15) is 0 Å². The van der Waals surface area contributed by atoms with Crippen LogP contribution in [0, 0.1) is 0 Å². The van der Waals surface area contributed by atoms with Gasteiger partial charge in [-0.05, 0) is 6.08 Å². The molecule has 4 nitrogen and oxygen atoms in total. The van der Waals surface area contributed by atoms with Crippen LogP contribution in [0.15, 0.2) is 11.1 Å². The lowest BCUT2D eigenvalue weighted by atomic mass is 10.5. The molecular weight excluding hydrogens is 147 g/mol. The molecule has 0 aliphatic heterocycles. The van der Waals surface area contributed by atoms with Crippen LogP contribution in [0.3, 0.4) is 0 Å². The van der Waals surface area contributed by atoms with E-state index in [0.29, 0.717) is 6.08 Å². The lowest BCUT2D eigenvalue weighted by molar-refractivity contribution is -0.0157. The third-order valence-electron chi connectivity index (χ3n) is 0.555. The third kappa shape index (κ3) is 4.38. The molecule has 54 valence electrons. The molecule has 0 unspecified atom stereocenters. The van der Waals surface area contributed by atoms with Crippen molar-refractivity contribution < 1.29 is 20.4 Å². The fourth-order valence-electron chi connectivity index (χ4n) is 0.228. The molecule has 0 aliphatic rings. The van der Waals surface area contributed by atoms with Gasteiger partial charge in [0.15, 0.2) is 12.6 Å². The number of halogens is 1. The van der Waals surface area contributed by atoms with Gasteiger partial charge in [0.2, 0.25) is 0 Å². The monoisotopic (exact) mass is 154 g/mol. The van der Waals surface area contributed by atoms with Crippen molar-refractivity contribution in [3.8, 4) is 0 Å². The van der Waals surface area contributed by atoms with Crippen LogP contribution in [-0.4, -0.2) is 33.0 Å². The molecule has 0 aromatic heterocycles. The van der Waals surface area contributed by atoms with Crippen molar-refractivity contribution in [3.05, 3.63) is 11.1 Å². The molecule has 0 bridgehead atoms. The van der Waals surface area contributed by atoms with Gasteiger partial charge in [-0.3, -0.25) is 0 Å². The first-order valence-corrected chi connectivity index (χ1v) is 2.51. The summed E-state index contributed by atoms with van der Waals surface area (Å²) in [5.41, 5.74) is 0. The second-order valence-corrected chi connectivity index (χ2v) is 1.78. The van der Waals surface area contributed by atoms with Crippen LogP contribution in [0.1, 0.15) is 0 Å². The van der Waals surface area contributed by atoms with E-state index in [1.54, 1.807) is 0 Å². The highest BCUT2D eigenvalue weighted by atomic mass is 35.5. The van der Waals surface area contributed by atoms with Gasteiger partial charge in [0, 0.05) is 0 Å². The predicted molar refractivity (Wildman–Crippen MR) is 30.4 cm³/mol. The molecule has 0 radical (unpaired) electrons. The zero-order chi connectivity index (χ0) is 7.44. The van der Waals surface area contributed by atoms with Gasteiger partial charge in [0.25, 0.3) is 0 Å². The Morgan fingerprint density at radius 2 is 1.67 bits per heavy atom. The maximum atomic E-state index is 8.20. The molecule has 0 rings (SSSR count). The molecule has 0 atom stereocenters. The van der Waals surface area contributed by atoms with Crippen molar-refractivity contribution in [3.63, 3.8) is 0 Å². The van der Waals surface area contributed by atoms with Gasteiger partial charge < -0.3 is 20.4 Å². The zero-order valence-corrected chi connectivity index (χ0v) is 5.15. The van der Waals surface area contributed by atoms with Crippen LogP contribution < -0.4 is 0 Å². The molecule has 0 aromatic carbocycles. The molecule has 0 heterocycles. The second kappa shape index (κ2) is 3.81. The molecule has 0 aliphatic carbocycles. The Bertz CT molecular complexity index is 109. The highest BCUT2D eigenvalue weighted by Crippen LogP contribution is 2.05. The Labute approximate surface area is 56.6 Å². The first kappa shape index (κ1) is 8.87. The summed E-state index contributed by atoms with van der Waals surface area (Å²) >= 11 is 5.05. The van der Waals surface area contributed by atoms with E-state index >= 15 is 0 Å². The number of aliphatic hydroxyl groups is 4. The summed E-state index contributed by atoms with van der Waals surface area (Å²) in [4.78, 5) is 0. The summed E-state index contributed by atoms with van der Waals surface area (Å²) in [6.45, 7) is 0. The molecule has 9 heavy (non-hydrogen) atoms. The topological polar surface area (TPSA) is 80.9 Å². The molecule has 0 saturated carbocycles. The average Bonchev–Trinajstić information content (AvgIpc) is 1.63. The smallest absolute Gasteiger partial charge is 0.189 e. The largest absolute Gasteiger partial charge is 0.365 e. The Hall–Kier alpha value is -0.130. The van der Waals surface area contributed by atoms with Gasteiger partial charge in [-0.25, -0.2) is 0 Å². The maximum absolute atomic E-state index is 8.20. The number of hydrogen-bond acceptors (Lipinski definition) is 4. The Kier molecular flexibility index (Phi) is 3.76. The van der Waals surface area contributed by atoms with Crippen molar-refractivity contribution in [2.75, 3.05) is 0 Å². The van der Waals surface area contributed by atoms with Crippen molar-refractivity contribution >= 4 is 11.6 Å². The number of hydrogen-bond donors (Lipinski definition) is 4. The minimum absolute atomic E-state index is 0.412. The Morgan fingerprint density at radius 3 is 1.78 bits per heavy atom. The quantitative estimate of drug-likeness (QED) is 0.374. The summed E-state index contributed by atoms with van der Waals surface area (Å²) in [5, 5.41) is 32.3. The van der Waals surface area contributed by atoms with E-state index in [1.807, 2.05) is 0 Å². The first-order valence-electron chi connectivity index (χ1n) is 2.13. The van der Waals surface area contributed by atoms with E-state index < -0.39 is 17.6 Å². The summed E-state index contributed by atoms with van der Waals surface area (Å²) in [5.74, 6) is 0. The molecule has 0 saturated heterocycles. The highest BCUT2D eigenvalue weighted by molar-refractivity contribution is 6.30. The molecule has 0 amide bonds. The van der Waals surface area contributed by atoms with E-state index in [1.165, 1.54) is 0 Å². The van der Waals surface area contributed by atoms with E-state index in [2.05, 4.69) is 0 Å². The van der Waals surface area contributed by atoms with Gasteiger partial charge in [0.1, 0.15) is 0 Å². The zero-order valence-electron chi connectivity index (χ0n) is 4.40. The van der Waals surface area contributed by atoms with Crippen LogP contribution in [0.2, 0.25) is 0 Å². The van der Waals surface area contributed by atoms with Crippen molar-refractivity contribution in [1.29, 1.82) is 0 Å². The molecule has 5 heteroatoms. The van der Waals surface area contributed by atoms with Crippen LogP contribution in [-0.2, 0) is 0 Å². The molecule has 0 aromatic rings. The maximum Gasteiger partial charge on any atom is 0.189 e. The first-order chi connectivity index (χ1) is 4.04. The average molecular weight is 155 g/mol. The van der Waals surface area contributed by atoms with E-state index in [-0.39, 0.29) is 0 Å². The number of rotatable bonds is 2. The lowest BCUT2D eigenvalue weighted by Crippen LogP contribution is -2.08. The van der Waals surface area contributed by atoms with Crippen molar-refractivity contribution in [2.24, 2.45) is 0 Å². The molecule has 0 fully saturated rings. The van der Waals surface area contributed by atoms with Crippen LogP contribution in [0.25, 0.3) is 0 Å². The molecular formula is C4H7ClO4. The standard InChI is InChI=1S/C4H7ClO4/c5-2(4(8)9)1-3(6)7/h1,3-4,6-9H. The minimum Gasteiger partial charge on any atom is -0.365 e. The van der Waals surface area contributed by atoms with E-state index in [4.69, 9.17) is 32.0 Å². The van der Waals surface area contributed by atoms with Gasteiger partial charge in [-0.1, -0.05) is 11.6 Å². The minimum atomic E-state index is -1.84. The van der Waals surface area contributed by atoms with Gasteiger partial charge >= 0.3 is 0 Å². The molecule has 4 N–H and O–H groups in total. The highest BCUT2D eigenvalue weighted by Gasteiger charge is 2.03. The predicted octanol–water partition coefficient (Wildman–Crippen LogP) is -1.27. The fourth-order valence-corrected chi connectivity index (χ4v) is 0.341. The SMILES string of the molecule is OC(O)C=C(Cl)C(O)O. The summed E-state index contributed by atoms with van der Waals surface area (Å²) < 4.78 is 0.